The first kappa shape index (κ1) is 15.4. The highest BCUT2D eigenvalue weighted by Gasteiger charge is 2.29. The minimum absolute atomic E-state index is 0.179. The average molecular weight is 328 g/mol. The molecule has 4 heterocycles. The lowest BCUT2D eigenvalue weighted by atomic mass is 9.95. The molecule has 7 nitrogen and oxygen atoms in total. The van der Waals surface area contributed by atoms with E-state index in [1.807, 2.05) is 12.1 Å². The van der Waals surface area contributed by atoms with Crippen LogP contribution < -0.4 is 4.90 Å². The lowest BCUT2D eigenvalue weighted by molar-refractivity contribution is -0.136. The number of aromatic nitrogens is 4. The first-order valence-corrected chi connectivity index (χ1v) is 9.02. The van der Waals surface area contributed by atoms with Crippen molar-refractivity contribution in [3.8, 4) is 0 Å². The second-order valence-corrected chi connectivity index (χ2v) is 6.83. The van der Waals surface area contributed by atoms with Gasteiger partial charge in [-0.15, -0.1) is 15.3 Å². The van der Waals surface area contributed by atoms with E-state index in [0.717, 1.165) is 63.3 Å². The molecule has 0 bridgehead atoms. The number of carbonyl (C=O) groups is 1. The highest BCUT2D eigenvalue weighted by atomic mass is 16.2. The van der Waals surface area contributed by atoms with Crippen LogP contribution in [0.2, 0.25) is 0 Å². The molecule has 2 aliphatic heterocycles. The average Bonchev–Trinajstić information content (AvgIpc) is 2.93. The fourth-order valence-corrected chi connectivity index (χ4v) is 3.79. The molecule has 0 atom stereocenters. The second kappa shape index (κ2) is 6.75. The van der Waals surface area contributed by atoms with Crippen molar-refractivity contribution in [3.63, 3.8) is 0 Å². The quantitative estimate of drug-likeness (QED) is 0.840. The van der Waals surface area contributed by atoms with Gasteiger partial charge in [-0.25, -0.2) is 0 Å². The zero-order valence-electron chi connectivity index (χ0n) is 14.0. The van der Waals surface area contributed by atoms with Gasteiger partial charge >= 0.3 is 0 Å². The summed E-state index contributed by atoms with van der Waals surface area (Å²) >= 11 is 0. The van der Waals surface area contributed by atoms with E-state index < -0.39 is 0 Å². The number of rotatable bonds is 2. The summed E-state index contributed by atoms with van der Waals surface area (Å²) < 4.78 is 1.70. The van der Waals surface area contributed by atoms with E-state index in [1.165, 1.54) is 12.8 Å². The van der Waals surface area contributed by atoms with Gasteiger partial charge in [0.25, 0.3) is 0 Å². The highest BCUT2D eigenvalue weighted by Crippen LogP contribution is 2.24. The summed E-state index contributed by atoms with van der Waals surface area (Å²) in [5.41, 5.74) is 0.755. The SMILES string of the molecule is O=C(C1CCN(c2ccc3nncn3n2)CC1)N1CCCCCC1. The molecule has 4 rings (SSSR count). The van der Waals surface area contributed by atoms with Crippen LogP contribution in [0.15, 0.2) is 18.5 Å². The maximum absolute atomic E-state index is 12.8. The van der Waals surface area contributed by atoms with Crippen molar-refractivity contribution in [1.29, 1.82) is 0 Å². The minimum Gasteiger partial charge on any atom is -0.355 e. The fourth-order valence-electron chi connectivity index (χ4n) is 3.79. The Labute approximate surface area is 141 Å². The smallest absolute Gasteiger partial charge is 0.225 e. The molecule has 2 saturated heterocycles. The standard InChI is InChI=1S/C17H24N6O/c24-17(22-9-3-1-2-4-10-22)14-7-11-21(12-8-14)16-6-5-15-19-18-13-23(15)20-16/h5-6,13-14H,1-4,7-12H2. The van der Waals surface area contributed by atoms with E-state index in [-0.39, 0.29) is 5.92 Å². The van der Waals surface area contributed by atoms with Gasteiger partial charge in [-0.05, 0) is 37.8 Å². The molecule has 0 N–H and O–H groups in total. The highest BCUT2D eigenvalue weighted by molar-refractivity contribution is 5.79. The Kier molecular flexibility index (Phi) is 4.32. The number of anilines is 1. The molecule has 1 amide bonds. The predicted molar refractivity (Wildman–Crippen MR) is 90.8 cm³/mol. The molecule has 24 heavy (non-hydrogen) atoms. The van der Waals surface area contributed by atoms with E-state index in [2.05, 4.69) is 25.1 Å². The van der Waals surface area contributed by atoms with Crippen LogP contribution in [0.25, 0.3) is 5.65 Å². The number of piperidine rings is 1. The van der Waals surface area contributed by atoms with Crippen molar-refractivity contribution < 1.29 is 4.79 Å². The number of hydrogen-bond donors (Lipinski definition) is 0. The summed E-state index contributed by atoms with van der Waals surface area (Å²) in [4.78, 5) is 17.1. The maximum Gasteiger partial charge on any atom is 0.225 e. The third kappa shape index (κ3) is 3.07. The van der Waals surface area contributed by atoms with Crippen molar-refractivity contribution >= 4 is 17.4 Å². The molecule has 0 radical (unpaired) electrons. The van der Waals surface area contributed by atoms with Crippen LogP contribution in [0, 0.1) is 5.92 Å². The molecule has 7 heteroatoms. The predicted octanol–water partition coefficient (Wildman–Crippen LogP) is 1.74. The van der Waals surface area contributed by atoms with Crippen LogP contribution in [-0.2, 0) is 4.79 Å². The number of amides is 1. The zero-order chi connectivity index (χ0) is 16.4. The Morgan fingerprint density at radius 3 is 2.50 bits per heavy atom. The molecule has 128 valence electrons. The number of fused-ring (bicyclic) bond motifs is 1. The Morgan fingerprint density at radius 1 is 1.00 bits per heavy atom. The van der Waals surface area contributed by atoms with Crippen LogP contribution >= 0.6 is 0 Å². The van der Waals surface area contributed by atoms with Gasteiger partial charge in [0.1, 0.15) is 12.1 Å². The van der Waals surface area contributed by atoms with Crippen LogP contribution in [0.4, 0.5) is 5.82 Å². The van der Waals surface area contributed by atoms with E-state index in [4.69, 9.17) is 0 Å². The zero-order valence-corrected chi connectivity index (χ0v) is 14.0. The molecular weight excluding hydrogens is 304 g/mol. The van der Waals surface area contributed by atoms with E-state index in [1.54, 1.807) is 10.8 Å². The lowest BCUT2D eigenvalue weighted by Gasteiger charge is -2.34. The summed E-state index contributed by atoms with van der Waals surface area (Å²) in [6.45, 7) is 3.66. The van der Waals surface area contributed by atoms with Gasteiger partial charge in [0.2, 0.25) is 5.91 Å². The molecule has 2 fully saturated rings. The molecule has 2 aromatic heterocycles. The Balaban J connectivity index is 1.38. The summed E-state index contributed by atoms with van der Waals surface area (Å²) in [5.74, 6) is 1.49. The molecular formula is C17H24N6O. The minimum atomic E-state index is 0.179. The molecule has 0 aliphatic carbocycles. The molecule has 0 unspecified atom stereocenters. The van der Waals surface area contributed by atoms with Crippen molar-refractivity contribution in [2.75, 3.05) is 31.1 Å². The van der Waals surface area contributed by atoms with E-state index >= 15 is 0 Å². The summed E-state index contributed by atoms with van der Waals surface area (Å²) in [5, 5.41) is 12.4. The normalized spacial score (nSPS) is 20.3. The number of nitrogens with zero attached hydrogens (tertiary/aromatic N) is 6. The fraction of sp³-hybridized carbons (Fsp3) is 0.647. The number of likely N-dealkylation sites (tertiary alicyclic amines) is 1. The molecule has 0 saturated carbocycles. The van der Waals surface area contributed by atoms with Crippen molar-refractivity contribution in [1.82, 2.24) is 24.7 Å². The van der Waals surface area contributed by atoms with Crippen molar-refractivity contribution in [3.05, 3.63) is 18.5 Å². The summed E-state index contributed by atoms with van der Waals surface area (Å²) in [7, 11) is 0. The van der Waals surface area contributed by atoms with Gasteiger partial charge < -0.3 is 9.80 Å². The third-order valence-corrected chi connectivity index (χ3v) is 5.23. The summed E-state index contributed by atoms with van der Waals surface area (Å²) in [6, 6.07) is 3.92. The first-order chi connectivity index (χ1) is 11.8. The maximum atomic E-state index is 12.8. The Morgan fingerprint density at radius 2 is 1.75 bits per heavy atom. The largest absolute Gasteiger partial charge is 0.355 e. The van der Waals surface area contributed by atoms with Crippen LogP contribution in [0.1, 0.15) is 38.5 Å². The third-order valence-electron chi connectivity index (χ3n) is 5.23. The summed E-state index contributed by atoms with van der Waals surface area (Å²) in [6.07, 6.45) is 8.29. The van der Waals surface area contributed by atoms with E-state index in [9.17, 15) is 4.79 Å². The van der Waals surface area contributed by atoms with Gasteiger partial charge in [-0.2, -0.15) is 4.52 Å². The topological polar surface area (TPSA) is 66.6 Å². The van der Waals surface area contributed by atoms with Crippen LogP contribution in [0.5, 0.6) is 0 Å². The van der Waals surface area contributed by atoms with Crippen LogP contribution in [-0.4, -0.2) is 56.8 Å². The molecule has 2 aromatic rings. The lowest BCUT2D eigenvalue weighted by Crippen LogP contribution is -2.43. The van der Waals surface area contributed by atoms with Gasteiger partial charge in [0.05, 0.1) is 0 Å². The first-order valence-electron chi connectivity index (χ1n) is 9.02. The number of hydrogen-bond acceptors (Lipinski definition) is 5. The monoisotopic (exact) mass is 328 g/mol. The van der Waals surface area contributed by atoms with Crippen molar-refractivity contribution in [2.45, 2.75) is 38.5 Å². The Hall–Kier alpha value is -2.18. The second-order valence-electron chi connectivity index (χ2n) is 6.83. The van der Waals surface area contributed by atoms with Gasteiger partial charge in [0.15, 0.2) is 5.65 Å². The Bertz CT molecular complexity index is 698. The molecule has 0 spiro atoms. The van der Waals surface area contributed by atoms with Gasteiger partial charge in [0, 0.05) is 32.1 Å². The molecule has 2 aliphatic rings. The van der Waals surface area contributed by atoms with Gasteiger partial charge in [-0.3, -0.25) is 4.79 Å². The van der Waals surface area contributed by atoms with E-state index in [0.29, 0.717) is 5.91 Å². The molecule has 0 aromatic carbocycles. The van der Waals surface area contributed by atoms with Crippen LogP contribution in [0.3, 0.4) is 0 Å². The van der Waals surface area contributed by atoms with Crippen molar-refractivity contribution in [2.24, 2.45) is 5.92 Å². The van der Waals surface area contributed by atoms with Gasteiger partial charge in [-0.1, -0.05) is 12.8 Å². The number of carbonyl (C=O) groups excluding carboxylic acids is 1.